The molecule has 0 N–H and O–H groups in total. The van der Waals surface area contributed by atoms with Crippen molar-refractivity contribution in [1.82, 2.24) is 9.21 Å². The van der Waals surface area contributed by atoms with Crippen molar-refractivity contribution >= 4 is 15.9 Å². The van der Waals surface area contributed by atoms with Gasteiger partial charge in [-0.1, -0.05) is 0 Å². The van der Waals surface area contributed by atoms with Gasteiger partial charge in [0, 0.05) is 31.6 Å². The molecule has 2 saturated heterocycles. The van der Waals surface area contributed by atoms with E-state index in [0.29, 0.717) is 31.3 Å². The first kappa shape index (κ1) is 16.7. The number of sulfonamides is 1. The van der Waals surface area contributed by atoms with Gasteiger partial charge in [-0.25, -0.2) is 8.42 Å². The minimum Gasteiger partial charge on any atom is -0.490 e. The first-order valence-electron chi connectivity index (χ1n) is 8.70. The van der Waals surface area contributed by atoms with Gasteiger partial charge in [0.25, 0.3) is 0 Å². The maximum absolute atomic E-state index is 13.2. The summed E-state index contributed by atoms with van der Waals surface area (Å²) in [4.78, 5) is 14.5. The largest absolute Gasteiger partial charge is 0.490 e. The van der Waals surface area contributed by atoms with Crippen LogP contribution in [0.4, 0.5) is 0 Å². The molecule has 0 spiro atoms. The quantitative estimate of drug-likeness (QED) is 0.787. The minimum atomic E-state index is -3.78. The predicted molar refractivity (Wildman–Crippen MR) is 90.1 cm³/mol. The zero-order valence-corrected chi connectivity index (χ0v) is 15.0. The average Bonchev–Trinajstić information content (AvgIpc) is 2.94. The van der Waals surface area contributed by atoms with Crippen LogP contribution in [-0.2, 0) is 14.8 Å². The molecule has 0 bridgehead atoms. The van der Waals surface area contributed by atoms with Crippen LogP contribution in [0.25, 0.3) is 0 Å². The Morgan fingerprint density at radius 3 is 2.68 bits per heavy atom. The average molecular weight is 366 g/mol. The van der Waals surface area contributed by atoms with Crippen molar-refractivity contribution < 1.29 is 22.7 Å². The van der Waals surface area contributed by atoms with E-state index in [0.717, 1.165) is 25.8 Å². The SMILES string of the molecule is C[C@H]1C(=O)N2CCC[C@@H]2CN1S(=O)(=O)c1ccc2c(c1)OCCCO2. The number of piperazine rings is 1. The first-order chi connectivity index (χ1) is 12.0. The number of ether oxygens (including phenoxy) is 2. The van der Waals surface area contributed by atoms with Gasteiger partial charge < -0.3 is 14.4 Å². The molecular formula is C17H22N2O5S. The lowest BCUT2D eigenvalue weighted by Crippen LogP contribution is -2.59. The highest BCUT2D eigenvalue weighted by molar-refractivity contribution is 7.89. The van der Waals surface area contributed by atoms with Crippen LogP contribution < -0.4 is 9.47 Å². The fraction of sp³-hybridized carbons (Fsp3) is 0.588. The number of hydrogen-bond donors (Lipinski definition) is 0. The monoisotopic (exact) mass is 366 g/mol. The first-order valence-corrected chi connectivity index (χ1v) is 10.1. The molecule has 1 aromatic rings. The minimum absolute atomic E-state index is 0.0149. The van der Waals surface area contributed by atoms with E-state index >= 15 is 0 Å². The molecule has 2 atom stereocenters. The lowest BCUT2D eigenvalue weighted by atomic mass is 10.1. The summed E-state index contributed by atoms with van der Waals surface area (Å²) in [5, 5.41) is 0. The van der Waals surface area contributed by atoms with Crippen LogP contribution in [0, 0.1) is 0 Å². The van der Waals surface area contributed by atoms with Crippen LogP contribution >= 0.6 is 0 Å². The number of hydrogen-bond acceptors (Lipinski definition) is 5. The number of rotatable bonds is 2. The highest BCUT2D eigenvalue weighted by Crippen LogP contribution is 2.35. The van der Waals surface area contributed by atoms with E-state index in [4.69, 9.17) is 9.47 Å². The standard InChI is InChI=1S/C17H22N2O5S/c1-12-17(20)18-7-2-4-13(18)11-19(12)25(21,22)14-5-6-15-16(10-14)24-9-3-8-23-15/h5-6,10,12-13H,2-4,7-9,11H2,1H3/t12-,13+/m0/s1. The van der Waals surface area contributed by atoms with Crippen molar-refractivity contribution in [3.63, 3.8) is 0 Å². The Balaban J connectivity index is 1.67. The lowest BCUT2D eigenvalue weighted by molar-refractivity contribution is -0.139. The Kier molecular flexibility index (Phi) is 4.11. The van der Waals surface area contributed by atoms with Gasteiger partial charge in [0.2, 0.25) is 15.9 Å². The van der Waals surface area contributed by atoms with E-state index in [9.17, 15) is 13.2 Å². The van der Waals surface area contributed by atoms with Gasteiger partial charge >= 0.3 is 0 Å². The second-order valence-corrected chi connectivity index (χ2v) is 8.63. The van der Waals surface area contributed by atoms with Gasteiger partial charge in [0.05, 0.1) is 18.1 Å². The summed E-state index contributed by atoms with van der Waals surface area (Å²) >= 11 is 0. The molecule has 8 heteroatoms. The highest BCUT2D eigenvalue weighted by Gasteiger charge is 2.45. The van der Waals surface area contributed by atoms with Crippen molar-refractivity contribution in [2.75, 3.05) is 26.3 Å². The fourth-order valence-corrected chi connectivity index (χ4v) is 5.43. The smallest absolute Gasteiger partial charge is 0.244 e. The molecule has 0 aliphatic carbocycles. The predicted octanol–water partition coefficient (Wildman–Crippen LogP) is 1.23. The van der Waals surface area contributed by atoms with E-state index in [1.807, 2.05) is 4.90 Å². The van der Waals surface area contributed by atoms with Gasteiger partial charge in [0.1, 0.15) is 6.04 Å². The molecular weight excluding hydrogens is 344 g/mol. The Morgan fingerprint density at radius 2 is 1.88 bits per heavy atom. The topological polar surface area (TPSA) is 76.2 Å². The van der Waals surface area contributed by atoms with Crippen LogP contribution in [0.15, 0.2) is 23.1 Å². The Morgan fingerprint density at radius 1 is 1.12 bits per heavy atom. The van der Waals surface area contributed by atoms with Crippen molar-refractivity contribution in [3.05, 3.63) is 18.2 Å². The van der Waals surface area contributed by atoms with Crippen LogP contribution in [0.1, 0.15) is 26.2 Å². The van der Waals surface area contributed by atoms with E-state index in [2.05, 4.69) is 0 Å². The Hall–Kier alpha value is -1.80. The van der Waals surface area contributed by atoms with Gasteiger partial charge in [0.15, 0.2) is 11.5 Å². The van der Waals surface area contributed by atoms with E-state index in [-0.39, 0.29) is 16.8 Å². The normalized spacial score (nSPS) is 27.1. The third-order valence-corrected chi connectivity index (χ3v) is 7.10. The molecule has 0 unspecified atom stereocenters. The molecule has 2 fully saturated rings. The number of benzene rings is 1. The maximum Gasteiger partial charge on any atom is 0.244 e. The van der Waals surface area contributed by atoms with Crippen LogP contribution in [0.5, 0.6) is 11.5 Å². The van der Waals surface area contributed by atoms with Gasteiger partial charge in [-0.2, -0.15) is 4.31 Å². The number of nitrogens with zero attached hydrogens (tertiary/aromatic N) is 2. The molecule has 7 nitrogen and oxygen atoms in total. The second kappa shape index (κ2) is 6.17. The molecule has 0 aromatic heterocycles. The molecule has 25 heavy (non-hydrogen) atoms. The molecule has 0 saturated carbocycles. The Labute approximate surface area is 147 Å². The van der Waals surface area contributed by atoms with Crippen LogP contribution in [0.2, 0.25) is 0 Å². The zero-order chi connectivity index (χ0) is 17.6. The molecule has 136 valence electrons. The van der Waals surface area contributed by atoms with E-state index in [1.165, 1.54) is 16.4 Å². The summed E-state index contributed by atoms with van der Waals surface area (Å²) in [7, 11) is -3.78. The highest BCUT2D eigenvalue weighted by atomic mass is 32.2. The summed E-state index contributed by atoms with van der Waals surface area (Å²) in [6, 6.07) is 3.97. The van der Waals surface area contributed by atoms with Gasteiger partial charge in [-0.3, -0.25) is 4.79 Å². The molecule has 1 aromatic carbocycles. The lowest BCUT2D eigenvalue weighted by Gasteiger charge is -2.40. The van der Waals surface area contributed by atoms with E-state index in [1.54, 1.807) is 13.0 Å². The molecule has 4 rings (SSSR count). The molecule has 3 heterocycles. The molecule has 0 radical (unpaired) electrons. The van der Waals surface area contributed by atoms with Crippen LogP contribution in [-0.4, -0.2) is 61.9 Å². The number of carbonyl (C=O) groups is 1. The number of fused-ring (bicyclic) bond motifs is 2. The van der Waals surface area contributed by atoms with Crippen LogP contribution in [0.3, 0.4) is 0 Å². The fourth-order valence-electron chi connectivity index (χ4n) is 3.79. The number of carbonyl (C=O) groups excluding carboxylic acids is 1. The van der Waals surface area contributed by atoms with Crippen molar-refractivity contribution in [3.8, 4) is 11.5 Å². The summed E-state index contributed by atoms with van der Waals surface area (Å²) in [5.74, 6) is 0.893. The van der Waals surface area contributed by atoms with Gasteiger partial charge in [-0.05, 0) is 31.9 Å². The summed E-state index contributed by atoms with van der Waals surface area (Å²) in [6.07, 6.45) is 2.54. The Bertz CT molecular complexity index is 794. The summed E-state index contributed by atoms with van der Waals surface area (Å²) in [6.45, 7) is 3.79. The number of amides is 1. The second-order valence-electron chi connectivity index (χ2n) is 6.74. The molecule has 3 aliphatic rings. The van der Waals surface area contributed by atoms with Crippen molar-refractivity contribution in [2.45, 2.75) is 43.2 Å². The molecule has 1 amide bonds. The zero-order valence-electron chi connectivity index (χ0n) is 14.2. The van der Waals surface area contributed by atoms with E-state index < -0.39 is 16.1 Å². The summed E-state index contributed by atoms with van der Waals surface area (Å²) in [5.41, 5.74) is 0. The van der Waals surface area contributed by atoms with Crippen molar-refractivity contribution in [1.29, 1.82) is 0 Å². The van der Waals surface area contributed by atoms with Gasteiger partial charge in [-0.15, -0.1) is 0 Å². The third kappa shape index (κ3) is 2.77. The third-order valence-electron chi connectivity index (χ3n) is 5.17. The maximum atomic E-state index is 13.2. The summed E-state index contributed by atoms with van der Waals surface area (Å²) < 4.78 is 38.8. The molecule has 3 aliphatic heterocycles. The van der Waals surface area contributed by atoms with Crippen molar-refractivity contribution in [2.24, 2.45) is 0 Å².